The average molecular weight is 366 g/mol. The Morgan fingerprint density at radius 2 is 1.96 bits per heavy atom. The molecule has 1 N–H and O–H groups in total. The lowest BCUT2D eigenvalue weighted by molar-refractivity contribution is -0.115. The monoisotopic (exact) mass is 366 g/mol. The third kappa shape index (κ3) is 4.99. The van der Waals surface area contributed by atoms with Crippen LogP contribution in [0.3, 0.4) is 0 Å². The fourth-order valence-corrected chi connectivity index (χ4v) is 3.21. The Balaban J connectivity index is 1.70. The molecule has 0 unspecified atom stereocenters. The van der Waals surface area contributed by atoms with Crippen molar-refractivity contribution in [3.63, 3.8) is 0 Å². The highest BCUT2D eigenvalue weighted by atomic mass is 32.2. The Bertz CT molecular complexity index is 855. The lowest BCUT2D eigenvalue weighted by atomic mass is 10.2. The summed E-state index contributed by atoms with van der Waals surface area (Å²) < 4.78 is 5.68. The largest absolute Gasteiger partial charge is 0.493 e. The zero-order valence-corrected chi connectivity index (χ0v) is 16.0. The van der Waals surface area contributed by atoms with Crippen LogP contribution in [-0.2, 0) is 4.79 Å². The second-order valence-corrected chi connectivity index (χ2v) is 7.63. The van der Waals surface area contributed by atoms with Crippen LogP contribution >= 0.6 is 11.8 Å². The molecule has 0 aliphatic carbocycles. The van der Waals surface area contributed by atoms with Crippen LogP contribution < -0.4 is 10.1 Å². The van der Waals surface area contributed by atoms with Gasteiger partial charge < -0.3 is 10.1 Å². The molecule has 0 atom stereocenters. The molecule has 0 radical (unpaired) electrons. The smallest absolute Gasteiger partial charge is 0.264 e. The first-order valence-electron chi connectivity index (χ1n) is 8.59. The topological polar surface area (TPSA) is 50.7 Å². The van der Waals surface area contributed by atoms with E-state index in [1.807, 2.05) is 61.5 Å². The third-order valence-electron chi connectivity index (χ3n) is 3.64. The number of hydrogen-bond donors (Lipinski definition) is 1. The van der Waals surface area contributed by atoms with Crippen molar-refractivity contribution in [3.8, 4) is 5.75 Å². The second-order valence-electron chi connectivity index (χ2n) is 6.59. The third-order valence-corrected chi connectivity index (χ3v) is 4.55. The Hall–Kier alpha value is -2.53. The molecule has 1 amide bonds. The Labute approximate surface area is 158 Å². The van der Waals surface area contributed by atoms with Gasteiger partial charge in [-0.3, -0.25) is 4.79 Å². The number of nitrogens with zero attached hydrogens (tertiary/aromatic N) is 1. The van der Waals surface area contributed by atoms with Crippen molar-refractivity contribution in [2.45, 2.75) is 20.8 Å². The molecule has 0 saturated carbocycles. The van der Waals surface area contributed by atoms with Gasteiger partial charge in [0.05, 0.1) is 17.2 Å². The summed E-state index contributed by atoms with van der Waals surface area (Å²) in [5.41, 5.74) is 2.92. The summed E-state index contributed by atoms with van der Waals surface area (Å²) in [4.78, 5) is 17.3. The fraction of sp³-hybridized carbons (Fsp3) is 0.238. The van der Waals surface area contributed by atoms with E-state index >= 15 is 0 Å². The summed E-state index contributed by atoms with van der Waals surface area (Å²) in [6.07, 6.45) is 1.87. The first-order valence-corrected chi connectivity index (χ1v) is 9.40. The number of aryl methyl sites for hydroxylation is 1. The van der Waals surface area contributed by atoms with Crippen LogP contribution in [0.5, 0.6) is 5.75 Å². The van der Waals surface area contributed by atoms with E-state index in [2.05, 4.69) is 24.2 Å². The van der Waals surface area contributed by atoms with E-state index in [0.29, 0.717) is 22.6 Å². The highest BCUT2D eigenvalue weighted by Gasteiger charge is 2.23. The molecule has 2 aromatic carbocycles. The van der Waals surface area contributed by atoms with E-state index in [0.717, 1.165) is 22.6 Å². The van der Waals surface area contributed by atoms with Crippen molar-refractivity contribution in [1.82, 2.24) is 5.32 Å². The summed E-state index contributed by atoms with van der Waals surface area (Å²) in [6.45, 7) is 6.94. The first-order chi connectivity index (χ1) is 12.5. The van der Waals surface area contributed by atoms with Gasteiger partial charge in [0.1, 0.15) is 5.75 Å². The predicted octanol–water partition coefficient (Wildman–Crippen LogP) is 4.92. The summed E-state index contributed by atoms with van der Waals surface area (Å²) in [5.74, 6) is 1.20. The molecule has 0 bridgehead atoms. The van der Waals surface area contributed by atoms with Gasteiger partial charge in [0.25, 0.3) is 5.91 Å². The molecule has 1 aliphatic rings. The molecule has 0 spiro atoms. The lowest BCUT2D eigenvalue weighted by Crippen LogP contribution is -2.19. The van der Waals surface area contributed by atoms with E-state index in [-0.39, 0.29) is 5.91 Å². The molecule has 1 aliphatic heterocycles. The van der Waals surface area contributed by atoms with Crippen molar-refractivity contribution in [2.24, 2.45) is 10.9 Å². The van der Waals surface area contributed by atoms with Crippen LogP contribution in [0.4, 0.5) is 5.69 Å². The molecule has 134 valence electrons. The number of hydrogen-bond acceptors (Lipinski definition) is 4. The number of benzene rings is 2. The van der Waals surface area contributed by atoms with Gasteiger partial charge in [0.2, 0.25) is 0 Å². The normalized spacial score (nSPS) is 17.2. The van der Waals surface area contributed by atoms with Crippen molar-refractivity contribution in [1.29, 1.82) is 0 Å². The lowest BCUT2D eigenvalue weighted by Gasteiger charge is -2.08. The number of carbonyl (C=O) groups excluding carboxylic acids is 1. The number of amidine groups is 1. The molecule has 3 rings (SSSR count). The van der Waals surface area contributed by atoms with E-state index in [1.54, 1.807) is 0 Å². The van der Waals surface area contributed by atoms with Gasteiger partial charge in [-0.2, -0.15) is 0 Å². The fourth-order valence-electron chi connectivity index (χ4n) is 2.37. The zero-order chi connectivity index (χ0) is 18.5. The molecule has 4 nitrogen and oxygen atoms in total. The number of aliphatic imine (C=N–C) groups is 1. The Morgan fingerprint density at radius 1 is 1.19 bits per heavy atom. The van der Waals surface area contributed by atoms with Gasteiger partial charge in [-0.05, 0) is 66.1 Å². The van der Waals surface area contributed by atoms with Gasteiger partial charge in [-0.1, -0.05) is 38.1 Å². The van der Waals surface area contributed by atoms with Gasteiger partial charge in [0, 0.05) is 0 Å². The predicted molar refractivity (Wildman–Crippen MR) is 109 cm³/mol. The number of rotatable bonds is 5. The van der Waals surface area contributed by atoms with E-state index < -0.39 is 0 Å². The van der Waals surface area contributed by atoms with Gasteiger partial charge >= 0.3 is 0 Å². The van der Waals surface area contributed by atoms with Crippen LogP contribution in [0.1, 0.15) is 25.0 Å². The second kappa shape index (κ2) is 8.23. The number of amides is 1. The highest BCUT2D eigenvalue weighted by molar-refractivity contribution is 8.18. The molecule has 1 saturated heterocycles. The van der Waals surface area contributed by atoms with Gasteiger partial charge in [-0.25, -0.2) is 4.99 Å². The summed E-state index contributed by atoms with van der Waals surface area (Å²) in [6, 6.07) is 15.6. The molecule has 0 aromatic heterocycles. The SMILES string of the molecule is Cc1cccc(N=C2NC(=O)C(=Cc3ccc(OCC(C)C)cc3)S2)c1. The van der Waals surface area contributed by atoms with Crippen molar-refractivity contribution in [3.05, 3.63) is 64.6 Å². The minimum Gasteiger partial charge on any atom is -0.493 e. The molecular formula is C21H22N2O2S. The summed E-state index contributed by atoms with van der Waals surface area (Å²) >= 11 is 1.35. The summed E-state index contributed by atoms with van der Waals surface area (Å²) in [5, 5.41) is 3.42. The van der Waals surface area contributed by atoms with E-state index in [9.17, 15) is 4.79 Å². The van der Waals surface area contributed by atoms with Crippen LogP contribution in [-0.4, -0.2) is 17.7 Å². The van der Waals surface area contributed by atoms with Crippen molar-refractivity contribution >= 4 is 34.6 Å². The maximum absolute atomic E-state index is 12.2. The first kappa shape index (κ1) is 18.3. The zero-order valence-electron chi connectivity index (χ0n) is 15.2. The van der Waals surface area contributed by atoms with E-state index in [4.69, 9.17) is 4.74 Å². The van der Waals surface area contributed by atoms with Crippen LogP contribution in [0.25, 0.3) is 6.08 Å². The number of thioether (sulfide) groups is 1. The van der Waals surface area contributed by atoms with Gasteiger partial charge in [-0.15, -0.1) is 0 Å². The minimum atomic E-state index is -0.124. The molecule has 2 aromatic rings. The van der Waals surface area contributed by atoms with Crippen molar-refractivity contribution in [2.75, 3.05) is 6.61 Å². The van der Waals surface area contributed by atoms with Crippen LogP contribution in [0, 0.1) is 12.8 Å². The molecule has 5 heteroatoms. The minimum absolute atomic E-state index is 0.124. The maximum Gasteiger partial charge on any atom is 0.264 e. The number of carbonyl (C=O) groups is 1. The molecule has 26 heavy (non-hydrogen) atoms. The molecular weight excluding hydrogens is 344 g/mol. The molecule has 1 heterocycles. The van der Waals surface area contributed by atoms with E-state index in [1.165, 1.54) is 11.8 Å². The Morgan fingerprint density at radius 3 is 2.65 bits per heavy atom. The average Bonchev–Trinajstić information content (AvgIpc) is 2.93. The number of nitrogens with one attached hydrogen (secondary N) is 1. The standard InChI is InChI=1S/C21H22N2O2S/c1-14(2)13-25-18-9-7-16(8-10-18)12-19-20(24)23-21(26-19)22-17-6-4-5-15(3)11-17/h4-12,14H,13H2,1-3H3,(H,22,23,24). The van der Waals surface area contributed by atoms with Crippen molar-refractivity contribution < 1.29 is 9.53 Å². The Kier molecular flexibility index (Phi) is 5.78. The summed E-state index contributed by atoms with van der Waals surface area (Å²) in [7, 11) is 0. The maximum atomic E-state index is 12.2. The number of ether oxygens (including phenoxy) is 1. The van der Waals surface area contributed by atoms with Gasteiger partial charge in [0.15, 0.2) is 5.17 Å². The molecule has 1 fully saturated rings. The van der Waals surface area contributed by atoms with Crippen LogP contribution in [0.2, 0.25) is 0 Å². The highest BCUT2D eigenvalue weighted by Crippen LogP contribution is 2.28. The quantitative estimate of drug-likeness (QED) is 0.764. The van der Waals surface area contributed by atoms with Crippen LogP contribution in [0.15, 0.2) is 58.4 Å².